The van der Waals surface area contributed by atoms with Crippen LogP contribution in [-0.2, 0) is 0 Å². The van der Waals surface area contributed by atoms with Gasteiger partial charge in [-0.2, -0.15) is 0 Å². The molecule has 0 bridgehead atoms. The lowest BCUT2D eigenvalue weighted by Gasteiger charge is -2.07. The van der Waals surface area contributed by atoms with Crippen molar-refractivity contribution in [2.24, 2.45) is 0 Å². The van der Waals surface area contributed by atoms with Crippen molar-refractivity contribution in [2.75, 3.05) is 0 Å². The van der Waals surface area contributed by atoms with Crippen molar-refractivity contribution in [3.8, 4) is 11.1 Å². The molecule has 0 aliphatic carbocycles. The highest BCUT2D eigenvalue weighted by atomic mass is 16.1. The molecule has 0 amide bonds. The first-order valence-electron chi connectivity index (χ1n) is 6.32. The van der Waals surface area contributed by atoms with Crippen LogP contribution in [0.4, 0.5) is 0 Å². The molecule has 0 aliphatic heterocycles. The van der Waals surface area contributed by atoms with Gasteiger partial charge in [0.2, 0.25) is 0 Å². The van der Waals surface area contributed by atoms with E-state index in [1.165, 1.54) is 0 Å². The predicted molar refractivity (Wildman–Crippen MR) is 76.2 cm³/mol. The van der Waals surface area contributed by atoms with Gasteiger partial charge in [0.25, 0.3) is 5.56 Å². The number of nitrogens with one attached hydrogen (secondary N) is 2. The Morgan fingerprint density at radius 1 is 1.05 bits per heavy atom. The Hall–Kier alpha value is -2.36. The predicted octanol–water partition coefficient (Wildman–Crippen LogP) is 3.04. The fourth-order valence-electron chi connectivity index (χ4n) is 2.16. The Bertz CT molecular complexity index is 783. The third-order valence-electron chi connectivity index (χ3n) is 3.28. The largest absolute Gasteiger partial charge is 0.298 e. The number of pyridine rings is 1. The van der Waals surface area contributed by atoms with E-state index in [1.54, 1.807) is 0 Å². The molecule has 0 unspecified atom stereocenters. The SMILES string of the molecule is CC(C)c1cc(-c2ccc3c(=O)[nH][nH]c3c2)ccn1. The quantitative estimate of drug-likeness (QED) is 0.737. The third kappa shape index (κ3) is 2.05. The van der Waals surface area contributed by atoms with Crippen molar-refractivity contribution >= 4 is 10.9 Å². The Balaban J connectivity index is 2.13. The van der Waals surface area contributed by atoms with E-state index in [1.807, 2.05) is 30.5 Å². The van der Waals surface area contributed by atoms with E-state index in [9.17, 15) is 4.79 Å². The Morgan fingerprint density at radius 2 is 1.84 bits per heavy atom. The second kappa shape index (κ2) is 4.39. The summed E-state index contributed by atoms with van der Waals surface area (Å²) < 4.78 is 0. The van der Waals surface area contributed by atoms with Gasteiger partial charge >= 0.3 is 0 Å². The number of benzene rings is 1. The molecule has 0 radical (unpaired) electrons. The van der Waals surface area contributed by atoms with Gasteiger partial charge in [-0.15, -0.1) is 0 Å². The van der Waals surface area contributed by atoms with Gasteiger partial charge in [0.15, 0.2) is 0 Å². The Labute approximate surface area is 110 Å². The Morgan fingerprint density at radius 3 is 2.63 bits per heavy atom. The maximum absolute atomic E-state index is 11.5. The third-order valence-corrected chi connectivity index (χ3v) is 3.28. The van der Waals surface area contributed by atoms with E-state index in [0.717, 1.165) is 22.3 Å². The topological polar surface area (TPSA) is 61.5 Å². The summed E-state index contributed by atoms with van der Waals surface area (Å²) in [4.78, 5) is 15.8. The summed E-state index contributed by atoms with van der Waals surface area (Å²) in [5, 5.41) is 6.16. The molecule has 19 heavy (non-hydrogen) atoms. The summed E-state index contributed by atoms with van der Waals surface area (Å²) in [6.07, 6.45) is 1.83. The first-order valence-corrected chi connectivity index (χ1v) is 6.32. The highest BCUT2D eigenvalue weighted by Crippen LogP contribution is 2.24. The van der Waals surface area contributed by atoms with Gasteiger partial charge in [-0.3, -0.25) is 20.0 Å². The van der Waals surface area contributed by atoms with Gasteiger partial charge in [0.05, 0.1) is 10.9 Å². The molecule has 0 atom stereocenters. The first kappa shape index (κ1) is 11.7. The lowest BCUT2D eigenvalue weighted by molar-refractivity contribution is 0.823. The molecular weight excluding hydrogens is 238 g/mol. The minimum Gasteiger partial charge on any atom is -0.298 e. The van der Waals surface area contributed by atoms with Crippen molar-refractivity contribution in [1.29, 1.82) is 0 Å². The van der Waals surface area contributed by atoms with Gasteiger partial charge in [0.1, 0.15) is 0 Å². The van der Waals surface area contributed by atoms with E-state index in [4.69, 9.17) is 0 Å². The van der Waals surface area contributed by atoms with Crippen molar-refractivity contribution in [3.63, 3.8) is 0 Å². The fourth-order valence-corrected chi connectivity index (χ4v) is 2.16. The summed E-state index contributed by atoms with van der Waals surface area (Å²) in [5.41, 5.74) is 4.00. The molecule has 96 valence electrons. The number of H-pyrrole nitrogens is 2. The normalized spacial score (nSPS) is 11.3. The second-order valence-corrected chi connectivity index (χ2v) is 4.96. The van der Waals surface area contributed by atoms with E-state index in [2.05, 4.69) is 35.1 Å². The van der Waals surface area contributed by atoms with Gasteiger partial charge in [-0.1, -0.05) is 19.9 Å². The lowest BCUT2D eigenvalue weighted by Crippen LogP contribution is -1.96. The number of nitrogens with zero attached hydrogens (tertiary/aromatic N) is 1. The van der Waals surface area contributed by atoms with Crippen molar-refractivity contribution in [1.82, 2.24) is 15.2 Å². The molecule has 0 fully saturated rings. The zero-order chi connectivity index (χ0) is 13.4. The van der Waals surface area contributed by atoms with Crippen LogP contribution in [0.25, 0.3) is 22.0 Å². The molecule has 0 saturated heterocycles. The molecule has 3 rings (SSSR count). The maximum atomic E-state index is 11.5. The van der Waals surface area contributed by atoms with Crippen LogP contribution in [0.1, 0.15) is 25.5 Å². The van der Waals surface area contributed by atoms with Crippen LogP contribution in [0, 0.1) is 0 Å². The van der Waals surface area contributed by atoms with Crippen LogP contribution in [0.2, 0.25) is 0 Å². The fraction of sp³-hybridized carbons (Fsp3) is 0.200. The van der Waals surface area contributed by atoms with Crippen LogP contribution in [-0.4, -0.2) is 15.2 Å². The van der Waals surface area contributed by atoms with Crippen LogP contribution in [0.5, 0.6) is 0 Å². The van der Waals surface area contributed by atoms with E-state index < -0.39 is 0 Å². The standard InChI is InChI=1S/C15H15N3O/c1-9(2)13-7-11(5-6-16-13)10-3-4-12-14(8-10)17-18-15(12)19/h3-9H,1-2H3,(H2,17,18,19). The zero-order valence-corrected chi connectivity index (χ0v) is 10.9. The number of aromatic nitrogens is 3. The van der Waals surface area contributed by atoms with Gasteiger partial charge in [0, 0.05) is 11.9 Å². The molecule has 2 N–H and O–H groups in total. The van der Waals surface area contributed by atoms with Crippen LogP contribution < -0.4 is 5.56 Å². The number of fused-ring (bicyclic) bond motifs is 1. The first-order chi connectivity index (χ1) is 9.15. The maximum Gasteiger partial charge on any atom is 0.271 e. The van der Waals surface area contributed by atoms with Gasteiger partial charge in [-0.25, -0.2) is 0 Å². The molecule has 4 heteroatoms. The average Bonchev–Trinajstić information content (AvgIpc) is 2.80. The van der Waals surface area contributed by atoms with E-state index in [0.29, 0.717) is 11.3 Å². The summed E-state index contributed by atoms with van der Waals surface area (Å²) in [6, 6.07) is 9.86. The molecule has 4 nitrogen and oxygen atoms in total. The van der Waals surface area contributed by atoms with E-state index in [-0.39, 0.29) is 5.56 Å². The number of rotatable bonds is 2. The van der Waals surface area contributed by atoms with Crippen LogP contribution in [0.15, 0.2) is 41.3 Å². The summed E-state index contributed by atoms with van der Waals surface area (Å²) >= 11 is 0. The average molecular weight is 253 g/mol. The van der Waals surface area contributed by atoms with Crippen LogP contribution >= 0.6 is 0 Å². The molecule has 1 aromatic carbocycles. The minimum absolute atomic E-state index is 0.0841. The lowest BCUT2D eigenvalue weighted by atomic mass is 10.0. The Kier molecular flexibility index (Phi) is 2.71. The molecule has 3 aromatic rings. The van der Waals surface area contributed by atoms with Gasteiger partial charge in [-0.05, 0) is 41.3 Å². The summed E-state index contributed by atoms with van der Waals surface area (Å²) in [5.74, 6) is 0.399. The molecule has 2 aromatic heterocycles. The van der Waals surface area contributed by atoms with Crippen molar-refractivity contribution < 1.29 is 0 Å². The molecular formula is C15H15N3O. The number of hydrogen-bond donors (Lipinski definition) is 2. The number of aromatic amines is 2. The molecule has 0 spiro atoms. The molecule has 0 aliphatic rings. The molecule has 2 heterocycles. The monoisotopic (exact) mass is 253 g/mol. The second-order valence-electron chi connectivity index (χ2n) is 4.96. The zero-order valence-electron chi connectivity index (χ0n) is 10.9. The number of hydrogen-bond acceptors (Lipinski definition) is 2. The van der Waals surface area contributed by atoms with Crippen LogP contribution in [0.3, 0.4) is 0 Å². The van der Waals surface area contributed by atoms with Crippen molar-refractivity contribution in [2.45, 2.75) is 19.8 Å². The highest BCUT2D eigenvalue weighted by Gasteiger charge is 2.06. The smallest absolute Gasteiger partial charge is 0.271 e. The summed E-state index contributed by atoms with van der Waals surface area (Å²) in [6.45, 7) is 4.25. The van der Waals surface area contributed by atoms with E-state index >= 15 is 0 Å². The van der Waals surface area contributed by atoms with Gasteiger partial charge < -0.3 is 0 Å². The highest BCUT2D eigenvalue weighted by molar-refractivity contribution is 5.83. The van der Waals surface area contributed by atoms with Crippen molar-refractivity contribution in [3.05, 3.63) is 52.6 Å². The molecule has 0 saturated carbocycles. The minimum atomic E-state index is -0.0841. The summed E-state index contributed by atoms with van der Waals surface area (Å²) in [7, 11) is 0.